The lowest BCUT2D eigenvalue weighted by atomic mass is 10.2. The molecule has 0 heterocycles. The molecule has 1 atom stereocenters. The number of carbonyl (C=O) groups is 1. The molecule has 1 N–H and O–H groups in total. The van der Waals surface area contributed by atoms with Crippen LogP contribution >= 0.6 is 6.64 Å². The van der Waals surface area contributed by atoms with E-state index in [9.17, 15) is 4.79 Å². The van der Waals surface area contributed by atoms with Crippen molar-refractivity contribution in [3.63, 3.8) is 0 Å². The lowest BCUT2D eigenvalue weighted by molar-refractivity contribution is -0.153. The fourth-order valence-corrected chi connectivity index (χ4v) is 3.61. The predicted octanol–water partition coefficient (Wildman–Crippen LogP) is 3.03. The number of nitrogens with one attached hydrogen (secondary N) is 1. The third-order valence-electron chi connectivity index (χ3n) is 1.94. The van der Waals surface area contributed by atoms with E-state index in [1.54, 1.807) is 31.2 Å². The molecule has 0 aromatic heterocycles. The quantitative estimate of drug-likeness (QED) is 0.475. The zero-order valence-electron chi connectivity index (χ0n) is 11.2. The van der Waals surface area contributed by atoms with Gasteiger partial charge in [0.1, 0.15) is 0 Å². The van der Waals surface area contributed by atoms with E-state index in [1.165, 1.54) is 0 Å². The smallest absolute Gasteiger partial charge is 0.316 e. The Kier molecular flexibility index (Phi) is 6.62. The summed E-state index contributed by atoms with van der Waals surface area (Å²) in [7, 11) is 0. The van der Waals surface area contributed by atoms with Gasteiger partial charge in [0.15, 0.2) is 0 Å². The van der Waals surface area contributed by atoms with Gasteiger partial charge in [0.25, 0.3) is 0 Å². The normalized spacial score (nSPS) is 14.1. The van der Waals surface area contributed by atoms with E-state index in [1.807, 2.05) is 19.9 Å². The van der Waals surface area contributed by atoms with Crippen LogP contribution in [0.5, 0.6) is 0 Å². The Hall–Kier alpha value is -0.780. The van der Waals surface area contributed by atoms with Gasteiger partial charge < -0.3 is 4.52 Å². The van der Waals surface area contributed by atoms with Crippen molar-refractivity contribution in [3.8, 4) is 0 Å². The zero-order chi connectivity index (χ0) is 14.3. The molecule has 5 nitrogen and oxygen atoms in total. The van der Waals surface area contributed by atoms with Crippen molar-refractivity contribution in [2.24, 2.45) is 0 Å². The second-order valence-corrected chi connectivity index (χ2v) is 7.11. The molecule has 1 aromatic rings. The Labute approximate surface area is 118 Å². The van der Waals surface area contributed by atoms with Gasteiger partial charge in [-0.25, -0.2) is 9.88 Å². The summed E-state index contributed by atoms with van der Waals surface area (Å²) in [6, 6.07) is 8.61. The van der Waals surface area contributed by atoms with Gasteiger partial charge in [-0.1, -0.05) is 18.2 Å². The van der Waals surface area contributed by atoms with E-state index in [0.717, 1.165) is 0 Å². The highest BCUT2D eigenvalue weighted by atomic mass is 32.5. The molecule has 1 unspecified atom stereocenters. The molecule has 0 saturated carbocycles. The van der Waals surface area contributed by atoms with Crippen LogP contribution in [0.3, 0.4) is 0 Å². The molecule has 106 valence electrons. The average molecular weight is 303 g/mol. The van der Waals surface area contributed by atoms with Gasteiger partial charge >= 0.3 is 12.6 Å². The van der Waals surface area contributed by atoms with Crippen molar-refractivity contribution in [1.29, 1.82) is 0 Å². The molecular weight excluding hydrogens is 285 g/mol. The van der Waals surface area contributed by atoms with Crippen LogP contribution in [0, 0.1) is 0 Å². The van der Waals surface area contributed by atoms with Gasteiger partial charge in [0.05, 0.1) is 12.2 Å². The second-order valence-electron chi connectivity index (χ2n) is 4.01. The SMILES string of the molecule is CCOP(=S)(NC(C)C)OOC(=O)c1ccccc1. The summed E-state index contributed by atoms with van der Waals surface area (Å²) in [4.78, 5) is 16.5. The van der Waals surface area contributed by atoms with Crippen LogP contribution < -0.4 is 5.09 Å². The number of hydrogen-bond donors (Lipinski definition) is 1. The van der Waals surface area contributed by atoms with Gasteiger partial charge in [0.2, 0.25) is 0 Å². The van der Waals surface area contributed by atoms with Crippen molar-refractivity contribution >= 4 is 24.4 Å². The second kappa shape index (κ2) is 7.72. The summed E-state index contributed by atoms with van der Waals surface area (Å²) in [5, 5.41) is 2.97. The van der Waals surface area contributed by atoms with E-state index in [4.69, 9.17) is 25.9 Å². The van der Waals surface area contributed by atoms with Crippen LogP contribution in [-0.4, -0.2) is 18.6 Å². The van der Waals surface area contributed by atoms with Crippen LogP contribution in [0.25, 0.3) is 0 Å². The predicted molar refractivity (Wildman–Crippen MR) is 77.1 cm³/mol. The lowest BCUT2D eigenvalue weighted by Crippen LogP contribution is -2.23. The standard InChI is InChI=1S/C12H18NO4PS/c1-4-15-18(19,13-10(2)3)17-16-12(14)11-8-6-5-7-9-11/h5-10H,4H2,1-3H3,(H,13,19). The minimum absolute atomic E-state index is 0.0628. The molecule has 0 radical (unpaired) electrons. The van der Waals surface area contributed by atoms with Gasteiger partial charge in [-0.15, -0.1) is 4.67 Å². The molecule has 19 heavy (non-hydrogen) atoms. The molecule has 0 amide bonds. The number of rotatable bonds is 7. The first-order valence-corrected chi connectivity index (χ1v) is 8.58. The largest absolute Gasteiger partial charge is 0.373 e. The van der Waals surface area contributed by atoms with E-state index < -0.39 is 12.6 Å². The molecule has 1 rings (SSSR count). The first-order chi connectivity index (χ1) is 8.97. The first kappa shape index (κ1) is 16.3. The molecule has 0 saturated heterocycles. The summed E-state index contributed by atoms with van der Waals surface area (Å²) >= 11 is 5.22. The third-order valence-corrected chi connectivity index (χ3v) is 4.45. The molecule has 0 aliphatic heterocycles. The highest BCUT2D eigenvalue weighted by Crippen LogP contribution is 2.44. The molecule has 0 bridgehead atoms. The topological polar surface area (TPSA) is 56.8 Å². The van der Waals surface area contributed by atoms with Gasteiger partial charge in [0, 0.05) is 6.04 Å². The van der Waals surface area contributed by atoms with E-state index in [2.05, 4.69) is 5.09 Å². The maximum Gasteiger partial charge on any atom is 0.373 e. The van der Waals surface area contributed by atoms with E-state index >= 15 is 0 Å². The zero-order valence-corrected chi connectivity index (χ0v) is 12.9. The average Bonchev–Trinajstić information content (AvgIpc) is 2.36. The van der Waals surface area contributed by atoms with Crippen LogP contribution in [0.4, 0.5) is 0 Å². The fourth-order valence-electron chi connectivity index (χ4n) is 1.27. The maximum absolute atomic E-state index is 11.7. The molecular formula is C12H18NO4PS. The number of carbonyl (C=O) groups excluding carboxylic acids is 1. The van der Waals surface area contributed by atoms with Crippen LogP contribution in [0.1, 0.15) is 31.1 Å². The van der Waals surface area contributed by atoms with Crippen molar-refractivity contribution in [1.82, 2.24) is 5.09 Å². The van der Waals surface area contributed by atoms with Crippen LogP contribution in [0.2, 0.25) is 0 Å². The molecule has 1 aromatic carbocycles. The molecule has 7 heteroatoms. The minimum atomic E-state index is -2.81. The molecule has 0 fully saturated rings. The summed E-state index contributed by atoms with van der Waals surface area (Å²) < 4.78 is 10.4. The summed E-state index contributed by atoms with van der Waals surface area (Å²) in [6.45, 7) is 3.17. The van der Waals surface area contributed by atoms with Crippen molar-refractivity contribution in [2.75, 3.05) is 6.61 Å². The van der Waals surface area contributed by atoms with Crippen LogP contribution in [0.15, 0.2) is 30.3 Å². The summed E-state index contributed by atoms with van der Waals surface area (Å²) in [5.74, 6) is -0.597. The van der Waals surface area contributed by atoms with Crippen molar-refractivity contribution in [2.45, 2.75) is 26.8 Å². The van der Waals surface area contributed by atoms with E-state index in [-0.39, 0.29) is 6.04 Å². The van der Waals surface area contributed by atoms with Crippen molar-refractivity contribution < 1.29 is 18.9 Å². The molecule has 0 aliphatic carbocycles. The highest BCUT2D eigenvalue weighted by Gasteiger charge is 2.23. The highest BCUT2D eigenvalue weighted by molar-refractivity contribution is 8.08. The van der Waals surface area contributed by atoms with Gasteiger partial charge in [-0.05, 0) is 44.7 Å². The van der Waals surface area contributed by atoms with E-state index in [0.29, 0.717) is 12.2 Å². The Morgan fingerprint density at radius 3 is 2.53 bits per heavy atom. The summed E-state index contributed by atoms with van der Waals surface area (Å²) in [5.41, 5.74) is 0.394. The van der Waals surface area contributed by atoms with Crippen LogP contribution in [-0.2, 0) is 25.9 Å². The first-order valence-electron chi connectivity index (χ1n) is 5.95. The Morgan fingerprint density at radius 1 is 1.37 bits per heavy atom. The lowest BCUT2D eigenvalue weighted by Gasteiger charge is -2.22. The Morgan fingerprint density at radius 2 is 2.00 bits per heavy atom. The third kappa shape index (κ3) is 5.80. The van der Waals surface area contributed by atoms with Gasteiger partial charge in [-0.3, -0.25) is 4.89 Å². The summed E-state index contributed by atoms with van der Waals surface area (Å²) in [6.07, 6.45) is 0. The Balaban J connectivity index is 2.62. The minimum Gasteiger partial charge on any atom is -0.316 e. The molecule has 0 aliphatic rings. The maximum atomic E-state index is 11.7. The number of benzene rings is 1. The monoisotopic (exact) mass is 303 g/mol. The van der Waals surface area contributed by atoms with Crippen molar-refractivity contribution in [3.05, 3.63) is 35.9 Å². The van der Waals surface area contributed by atoms with Gasteiger partial charge in [-0.2, -0.15) is 0 Å². The Bertz CT molecular complexity index is 452. The molecule has 0 spiro atoms. The number of hydrogen-bond acceptors (Lipinski definition) is 5. The fraction of sp³-hybridized carbons (Fsp3) is 0.417.